The summed E-state index contributed by atoms with van der Waals surface area (Å²) in [4.78, 5) is 14.9. The molecule has 0 bridgehead atoms. The number of piperidine rings is 1. The van der Waals surface area contributed by atoms with Gasteiger partial charge in [-0.2, -0.15) is 0 Å². The van der Waals surface area contributed by atoms with Crippen LogP contribution in [0.15, 0.2) is 53.6 Å². The van der Waals surface area contributed by atoms with Crippen molar-refractivity contribution in [1.29, 1.82) is 0 Å². The number of carbonyl (C=O) groups excluding carboxylic acids is 1. The number of aryl methyl sites for hydroxylation is 1. The van der Waals surface area contributed by atoms with Crippen molar-refractivity contribution in [3.05, 3.63) is 65.6 Å². The summed E-state index contributed by atoms with van der Waals surface area (Å²) >= 11 is 0. The Hall–Kier alpha value is -2.67. The van der Waals surface area contributed by atoms with E-state index in [4.69, 9.17) is 0 Å². The number of fused-ring (bicyclic) bond motifs is 1. The molecule has 182 valence electrons. The molecular weight excluding hydrogens is 451 g/mol. The van der Waals surface area contributed by atoms with Gasteiger partial charge in [0.15, 0.2) is 9.84 Å². The highest BCUT2D eigenvalue weighted by atomic mass is 32.2. The number of aromatic nitrogens is 1. The minimum atomic E-state index is -3.58. The molecular formula is C27H33FN2O3S. The van der Waals surface area contributed by atoms with Gasteiger partial charge in [0, 0.05) is 43.2 Å². The molecule has 1 aliphatic heterocycles. The van der Waals surface area contributed by atoms with Crippen LogP contribution < -0.4 is 0 Å². The lowest BCUT2D eigenvalue weighted by Crippen LogP contribution is -2.41. The Balaban J connectivity index is 1.55. The van der Waals surface area contributed by atoms with E-state index in [0.29, 0.717) is 17.4 Å². The van der Waals surface area contributed by atoms with Gasteiger partial charge in [-0.1, -0.05) is 26.8 Å². The first kappa shape index (κ1) is 24.5. The predicted octanol–water partition coefficient (Wildman–Crippen LogP) is 5.29. The Labute approximate surface area is 201 Å². The van der Waals surface area contributed by atoms with Crippen molar-refractivity contribution in [2.75, 3.05) is 13.1 Å². The lowest BCUT2D eigenvalue weighted by Gasteiger charge is -2.34. The van der Waals surface area contributed by atoms with Crippen molar-refractivity contribution in [3.8, 4) is 0 Å². The van der Waals surface area contributed by atoms with Crippen LogP contribution in [0.2, 0.25) is 0 Å². The van der Waals surface area contributed by atoms with E-state index in [1.807, 2.05) is 37.1 Å². The number of benzene rings is 2. The minimum absolute atomic E-state index is 0.0275. The van der Waals surface area contributed by atoms with Crippen molar-refractivity contribution < 1.29 is 17.6 Å². The lowest BCUT2D eigenvalue weighted by atomic mass is 9.88. The van der Waals surface area contributed by atoms with Gasteiger partial charge in [0.2, 0.25) is 5.91 Å². The molecule has 7 heteroatoms. The minimum Gasteiger partial charge on any atom is -0.350 e. The number of nitrogens with zero attached hydrogens (tertiary/aromatic N) is 2. The van der Waals surface area contributed by atoms with Gasteiger partial charge in [-0.15, -0.1) is 0 Å². The summed E-state index contributed by atoms with van der Waals surface area (Å²) in [5.41, 5.74) is 2.98. The Morgan fingerprint density at radius 2 is 1.71 bits per heavy atom. The summed E-state index contributed by atoms with van der Waals surface area (Å²) in [6.07, 6.45) is 3.93. The van der Waals surface area contributed by atoms with Crippen molar-refractivity contribution in [2.24, 2.45) is 18.9 Å². The fourth-order valence-corrected chi connectivity index (χ4v) is 6.15. The van der Waals surface area contributed by atoms with E-state index in [9.17, 15) is 17.6 Å². The van der Waals surface area contributed by atoms with Crippen LogP contribution in [-0.2, 0) is 27.4 Å². The van der Waals surface area contributed by atoms with Crippen molar-refractivity contribution >= 4 is 26.6 Å². The summed E-state index contributed by atoms with van der Waals surface area (Å²) in [5, 5.41) is 1.06. The van der Waals surface area contributed by atoms with E-state index in [0.717, 1.165) is 36.8 Å². The zero-order valence-electron chi connectivity index (χ0n) is 20.3. The molecule has 1 atom stereocenters. The van der Waals surface area contributed by atoms with Crippen LogP contribution in [0.3, 0.4) is 0 Å². The largest absolute Gasteiger partial charge is 0.350 e. The summed E-state index contributed by atoms with van der Waals surface area (Å²) < 4.78 is 41.1. The number of hydrogen-bond acceptors (Lipinski definition) is 3. The highest BCUT2D eigenvalue weighted by molar-refractivity contribution is 7.90. The molecule has 0 radical (unpaired) electrons. The SMILES string of the molecule is CC(C)[C@H](C)C(=O)N1CCC(c2cn(C)c3ccc(CS(=O)(=O)c4ccc(F)cc4)cc23)CC1. The first-order valence-corrected chi connectivity index (χ1v) is 13.6. The molecule has 1 fully saturated rings. The Bertz CT molecular complexity index is 1290. The molecule has 0 spiro atoms. The van der Waals surface area contributed by atoms with E-state index in [1.165, 1.54) is 29.8 Å². The number of amides is 1. The Morgan fingerprint density at radius 3 is 2.32 bits per heavy atom. The quantitative estimate of drug-likeness (QED) is 0.447. The van der Waals surface area contributed by atoms with Crippen molar-refractivity contribution in [3.63, 3.8) is 0 Å². The van der Waals surface area contributed by atoms with E-state index in [1.54, 1.807) is 0 Å². The maximum Gasteiger partial charge on any atom is 0.225 e. The standard InChI is InChI=1S/C27H33FN2O3S/c1-18(2)19(3)27(31)30-13-11-21(12-14-30)25-16-29(4)26-10-5-20(15-24(25)26)17-34(32,33)23-8-6-22(28)7-9-23/h5-10,15-16,18-19,21H,11-14,17H2,1-4H3/t19-/m0/s1. The van der Waals surface area contributed by atoms with Gasteiger partial charge in [-0.25, -0.2) is 12.8 Å². The fourth-order valence-electron chi connectivity index (χ4n) is 4.81. The zero-order valence-corrected chi connectivity index (χ0v) is 21.1. The third-order valence-electron chi connectivity index (χ3n) is 7.25. The van der Waals surface area contributed by atoms with E-state index in [2.05, 4.69) is 24.6 Å². The molecule has 2 heterocycles. The zero-order chi connectivity index (χ0) is 24.6. The molecule has 5 nitrogen and oxygen atoms in total. The number of likely N-dealkylation sites (tertiary alicyclic amines) is 1. The van der Waals surface area contributed by atoms with Gasteiger partial charge in [0.1, 0.15) is 5.82 Å². The number of sulfone groups is 1. The predicted molar refractivity (Wildman–Crippen MR) is 133 cm³/mol. The highest BCUT2D eigenvalue weighted by Gasteiger charge is 2.29. The highest BCUT2D eigenvalue weighted by Crippen LogP contribution is 2.35. The van der Waals surface area contributed by atoms with Crippen LogP contribution in [0.4, 0.5) is 4.39 Å². The second kappa shape index (κ2) is 9.53. The smallest absolute Gasteiger partial charge is 0.225 e. The van der Waals surface area contributed by atoms with E-state index < -0.39 is 15.7 Å². The average molecular weight is 485 g/mol. The third-order valence-corrected chi connectivity index (χ3v) is 8.95. The van der Waals surface area contributed by atoms with Gasteiger partial charge < -0.3 is 9.47 Å². The summed E-state index contributed by atoms with van der Waals surface area (Å²) in [6.45, 7) is 7.66. The van der Waals surface area contributed by atoms with Crippen LogP contribution in [0.25, 0.3) is 10.9 Å². The third kappa shape index (κ3) is 4.90. The first-order chi connectivity index (χ1) is 16.1. The number of hydrogen-bond donors (Lipinski definition) is 0. The molecule has 3 aromatic rings. The molecule has 2 aromatic carbocycles. The normalized spacial score (nSPS) is 16.4. The Kier molecular flexibility index (Phi) is 6.85. The summed E-state index contributed by atoms with van der Waals surface area (Å²) in [5.74, 6) is 0.321. The molecule has 1 saturated heterocycles. The second-order valence-electron chi connectivity index (χ2n) is 9.89. The topological polar surface area (TPSA) is 59.4 Å². The van der Waals surface area contributed by atoms with Crippen LogP contribution in [-0.4, -0.2) is 36.9 Å². The molecule has 1 aromatic heterocycles. The van der Waals surface area contributed by atoms with Gasteiger partial charge in [0.05, 0.1) is 10.6 Å². The maximum absolute atomic E-state index is 13.2. The van der Waals surface area contributed by atoms with Crippen LogP contribution >= 0.6 is 0 Å². The maximum atomic E-state index is 13.2. The first-order valence-electron chi connectivity index (χ1n) is 11.9. The molecule has 0 unspecified atom stereocenters. The Morgan fingerprint density at radius 1 is 1.06 bits per heavy atom. The monoisotopic (exact) mass is 484 g/mol. The van der Waals surface area contributed by atoms with Crippen molar-refractivity contribution in [2.45, 2.75) is 50.2 Å². The summed E-state index contributed by atoms with van der Waals surface area (Å²) in [7, 11) is -1.58. The number of carbonyl (C=O) groups is 1. The van der Waals surface area contributed by atoms with Gasteiger partial charge in [-0.05, 0) is 72.2 Å². The molecule has 1 amide bonds. The second-order valence-corrected chi connectivity index (χ2v) is 11.9. The fraction of sp³-hybridized carbons (Fsp3) is 0.444. The molecule has 1 aliphatic rings. The average Bonchev–Trinajstić information content (AvgIpc) is 3.13. The number of halogens is 1. The van der Waals surface area contributed by atoms with Crippen LogP contribution in [0.5, 0.6) is 0 Å². The molecule has 34 heavy (non-hydrogen) atoms. The van der Waals surface area contributed by atoms with Crippen LogP contribution in [0, 0.1) is 17.7 Å². The molecule has 0 saturated carbocycles. The number of rotatable bonds is 6. The van der Waals surface area contributed by atoms with E-state index >= 15 is 0 Å². The molecule has 0 N–H and O–H groups in total. The molecule has 4 rings (SSSR count). The van der Waals surface area contributed by atoms with Gasteiger partial charge in [-0.3, -0.25) is 4.79 Å². The lowest BCUT2D eigenvalue weighted by molar-refractivity contribution is -0.137. The van der Waals surface area contributed by atoms with Crippen LogP contribution in [0.1, 0.15) is 50.7 Å². The summed E-state index contributed by atoms with van der Waals surface area (Å²) in [6, 6.07) is 10.8. The van der Waals surface area contributed by atoms with Gasteiger partial charge in [0.25, 0.3) is 0 Å². The molecule has 0 aliphatic carbocycles. The van der Waals surface area contributed by atoms with Crippen molar-refractivity contribution in [1.82, 2.24) is 9.47 Å². The van der Waals surface area contributed by atoms with Gasteiger partial charge >= 0.3 is 0 Å². The van der Waals surface area contributed by atoms with E-state index in [-0.39, 0.29) is 22.5 Å².